The molecular weight excluding hydrogens is 430 g/mol. The number of aromatic nitrogens is 2. The summed E-state index contributed by atoms with van der Waals surface area (Å²) in [5, 5.41) is 4.45. The van der Waals surface area contributed by atoms with Crippen molar-refractivity contribution in [3.05, 3.63) is 47.3 Å². The van der Waals surface area contributed by atoms with Gasteiger partial charge in [-0.15, -0.1) is 0 Å². The Bertz CT molecular complexity index is 1040. The number of rotatable bonds is 8. The lowest BCUT2D eigenvalue weighted by Crippen LogP contribution is -2.56. The van der Waals surface area contributed by atoms with Crippen LogP contribution in [0.15, 0.2) is 30.5 Å². The van der Waals surface area contributed by atoms with Crippen LogP contribution in [0.25, 0.3) is 0 Å². The number of hydrogen-bond donors (Lipinski definition) is 0. The molecule has 1 aromatic heterocycles. The van der Waals surface area contributed by atoms with E-state index in [2.05, 4.69) is 30.0 Å². The zero-order valence-electron chi connectivity index (χ0n) is 21.1. The fourth-order valence-electron chi connectivity index (χ4n) is 5.18. The maximum Gasteiger partial charge on any atom is 0.327 e. The molecule has 0 bridgehead atoms. The molecule has 4 rings (SSSR count). The second-order valence-corrected chi connectivity index (χ2v) is 10.1. The monoisotopic (exact) mass is 467 g/mol. The van der Waals surface area contributed by atoms with E-state index in [4.69, 9.17) is 4.74 Å². The zero-order valence-corrected chi connectivity index (χ0v) is 21.1. The highest BCUT2D eigenvalue weighted by molar-refractivity contribution is 6.07. The number of methoxy groups -OCH3 is 1. The van der Waals surface area contributed by atoms with E-state index in [-0.39, 0.29) is 18.5 Å². The molecule has 8 nitrogen and oxygen atoms in total. The van der Waals surface area contributed by atoms with Crippen molar-refractivity contribution < 1.29 is 14.3 Å². The third-order valence-corrected chi connectivity index (χ3v) is 7.22. The molecule has 2 fully saturated rings. The third kappa shape index (κ3) is 4.69. The van der Waals surface area contributed by atoms with Gasteiger partial charge in [0.1, 0.15) is 11.3 Å². The molecule has 2 aromatic rings. The minimum atomic E-state index is -0.745. The summed E-state index contributed by atoms with van der Waals surface area (Å²) in [7, 11) is 3.56. The van der Waals surface area contributed by atoms with E-state index < -0.39 is 5.54 Å². The topological polar surface area (TPSA) is 70.9 Å². The molecule has 1 spiro atoms. The number of urea groups is 1. The lowest BCUT2D eigenvalue weighted by atomic mass is 9.85. The number of aryl methyl sites for hydroxylation is 2. The number of likely N-dealkylation sites (tertiary alicyclic amines) is 1. The predicted molar refractivity (Wildman–Crippen MR) is 130 cm³/mol. The van der Waals surface area contributed by atoms with Gasteiger partial charge >= 0.3 is 6.03 Å². The predicted octanol–water partition coefficient (Wildman–Crippen LogP) is 3.58. The van der Waals surface area contributed by atoms with Gasteiger partial charge in [0.15, 0.2) is 0 Å². The normalized spacial score (nSPS) is 18.5. The number of nitrogens with zero attached hydrogens (tertiary/aromatic N) is 5. The van der Waals surface area contributed by atoms with Crippen LogP contribution in [0, 0.1) is 12.8 Å². The summed E-state index contributed by atoms with van der Waals surface area (Å²) >= 11 is 0. The summed E-state index contributed by atoms with van der Waals surface area (Å²) in [5.41, 5.74) is 2.40. The number of carbonyl (C=O) groups is 2. The van der Waals surface area contributed by atoms with E-state index in [0.717, 1.165) is 43.1 Å². The van der Waals surface area contributed by atoms with Crippen molar-refractivity contribution in [3.63, 3.8) is 0 Å². The van der Waals surface area contributed by atoms with Gasteiger partial charge in [0.2, 0.25) is 0 Å². The van der Waals surface area contributed by atoms with Crippen LogP contribution >= 0.6 is 0 Å². The van der Waals surface area contributed by atoms with E-state index in [9.17, 15) is 9.59 Å². The lowest BCUT2D eigenvalue weighted by molar-refractivity contribution is -0.136. The van der Waals surface area contributed by atoms with Gasteiger partial charge in [-0.2, -0.15) is 5.10 Å². The summed E-state index contributed by atoms with van der Waals surface area (Å²) in [6, 6.07) is 7.43. The van der Waals surface area contributed by atoms with Crippen LogP contribution in [-0.4, -0.2) is 68.7 Å². The number of ether oxygens (including phenoxy) is 1. The first kappa shape index (κ1) is 24.3. The number of amides is 3. The second kappa shape index (κ2) is 9.78. The lowest BCUT2D eigenvalue weighted by Gasteiger charge is -2.42. The number of hydrogen-bond acceptors (Lipinski definition) is 5. The molecule has 0 atom stereocenters. The molecule has 0 saturated carbocycles. The molecule has 0 aliphatic carbocycles. The van der Waals surface area contributed by atoms with Crippen LogP contribution in [0.3, 0.4) is 0 Å². The van der Waals surface area contributed by atoms with Gasteiger partial charge in [0.05, 0.1) is 19.3 Å². The van der Waals surface area contributed by atoms with E-state index in [0.29, 0.717) is 25.3 Å². The zero-order chi connectivity index (χ0) is 24.5. The maximum atomic E-state index is 13.8. The smallest absolute Gasteiger partial charge is 0.327 e. The molecule has 0 N–H and O–H groups in total. The molecule has 2 aliphatic heterocycles. The first-order valence-corrected chi connectivity index (χ1v) is 12.2. The molecule has 34 heavy (non-hydrogen) atoms. The average molecular weight is 468 g/mol. The highest BCUT2D eigenvalue weighted by Gasteiger charge is 2.57. The molecule has 2 aliphatic rings. The van der Waals surface area contributed by atoms with Gasteiger partial charge in [-0.25, -0.2) is 4.79 Å². The highest BCUT2D eigenvalue weighted by atomic mass is 16.5. The molecule has 1 aromatic carbocycles. The molecule has 2 saturated heterocycles. The van der Waals surface area contributed by atoms with Crippen LogP contribution in [0.2, 0.25) is 0 Å². The Morgan fingerprint density at radius 1 is 1.15 bits per heavy atom. The summed E-state index contributed by atoms with van der Waals surface area (Å²) in [6.07, 6.45) is 4.26. The molecule has 8 heteroatoms. The fraction of sp³-hybridized carbons (Fsp3) is 0.577. The Morgan fingerprint density at radius 2 is 1.88 bits per heavy atom. The molecule has 0 unspecified atom stereocenters. The largest absolute Gasteiger partial charge is 0.497 e. The Morgan fingerprint density at radius 3 is 2.50 bits per heavy atom. The molecule has 3 heterocycles. The van der Waals surface area contributed by atoms with Crippen molar-refractivity contribution in [1.82, 2.24) is 24.5 Å². The number of carbonyl (C=O) groups excluding carboxylic acids is 2. The first-order valence-electron chi connectivity index (χ1n) is 12.2. The molecule has 0 radical (unpaired) electrons. The number of benzene rings is 1. The third-order valence-electron chi connectivity index (χ3n) is 7.22. The van der Waals surface area contributed by atoms with Crippen LogP contribution in [-0.2, 0) is 24.9 Å². The van der Waals surface area contributed by atoms with Crippen LogP contribution in [0.4, 0.5) is 4.79 Å². The van der Waals surface area contributed by atoms with Crippen LogP contribution < -0.4 is 4.74 Å². The van der Waals surface area contributed by atoms with E-state index in [1.54, 1.807) is 7.11 Å². The van der Waals surface area contributed by atoms with Crippen LogP contribution in [0.5, 0.6) is 5.75 Å². The summed E-state index contributed by atoms with van der Waals surface area (Å²) in [5.74, 6) is 1.13. The standard InChI is InChI=1S/C26H37N5O3/c1-19(2)9-12-31-25(33)30(16-21-7-6-8-23(15-21)34-5)24(32)26(31)10-13-29(14-11-26)18-22-17-28(4)27-20(22)3/h6-8,15,17,19H,9-14,16,18H2,1-5H3. The number of imide groups is 1. The Balaban J connectivity index is 1.53. The fourth-order valence-corrected chi connectivity index (χ4v) is 5.18. The summed E-state index contributed by atoms with van der Waals surface area (Å²) in [4.78, 5) is 33.1. The Labute approximate surface area is 202 Å². The van der Waals surface area contributed by atoms with Gasteiger partial charge in [-0.05, 0) is 49.8 Å². The minimum Gasteiger partial charge on any atom is -0.497 e. The molecule has 3 amide bonds. The molecular formula is C26H37N5O3. The van der Waals surface area contributed by atoms with E-state index in [1.807, 2.05) is 47.8 Å². The van der Waals surface area contributed by atoms with Gasteiger partial charge < -0.3 is 9.64 Å². The first-order chi connectivity index (χ1) is 16.2. The van der Waals surface area contributed by atoms with Crippen molar-refractivity contribution in [1.29, 1.82) is 0 Å². The van der Waals surface area contributed by atoms with E-state index >= 15 is 0 Å². The van der Waals surface area contributed by atoms with Gasteiger partial charge in [-0.1, -0.05) is 26.0 Å². The Hall–Kier alpha value is -2.87. The summed E-state index contributed by atoms with van der Waals surface area (Å²) < 4.78 is 7.18. The van der Waals surface area contributed by atoms with Gasteiger partial charge in [0.25, 0.3) is 5.91 Å². The highest BCUT2D eigenvalue weighted by Crippen LogP contribution is 2.39. The van der Waals surface area contributed by atoms with Crippen molar-refractivity contribution in [3.8, 4) is 5.75 Å². The van der Waals surface area contributed by atoms with Gasteiger partial charge in [-0.3, -0.25) is 19.3 Å². The number of piperidine rings is 1. The average Bonchev–Trinajstić information content (AvgIpc) is 3.22. The maximum absolute atomic E-state index is 13.8. The minimum absolute atomic E-state index is 0.0544. The Kier molecular flexibility index (Phi) is 6.98. The second-order valence-electron chi connectivity index (χ2n) is 10.1. The SMILES string of the molecule is COc1cccc(CN2C(=O)N(CCC(C)C)C3(CCN(Cc4cn(C)nc4C)CC3)C2=O)c1. The quantitative estimate of drug-likeness (QED) is 0.555. The van der Waals surface area contributed by atoms with Crippen molar-refractivity contribution >= 4 is 11.9 Å². The molecule has 184 valence electrons. The van der Waals surface area contributed by atoms with Crippen molar-refractivity contribution in [2.45, 2.75) is 58.7 Å². The summed E-state index contributed by atoms with van der Waals surface area (Å²) in [6.45, 7) is 9.59. The van der Waals surface area contributed by atoms with E-state index in [1.165, 1.54) is 10.5 Å². The van der Waals surface area contributed by atoms with Crippen molar-refractivity contribution in [2.24, 2.45) is 13.0 Å². The van der Waals surface area contributed by atoms with Crippen molar-refractivity contribution in [2.75, 3.05) is 26.7 Å². The van der Waals surface area contributed by atoms with Crippen LogP contribution in [0.1, 0.15) is 49.9 Å². The van der Waals surface area contributed by atoms with Gasteiger partial charge in [0, 0.05) is 45.0 Å².